The zero-order valence-electron chi connectivity index (χ0n) is 14.5. The number of nitrogens with zero attached hydrogens (tertiary/aromatic N) is 2. The minimum Gasteiger partial charge on any atom is -0.359 e. The topological polar surface area (TPSA) is 148 Å². The van der Waals surface area contributed by atoms with E-state index in [0.29, 0.717) is 5.76 Å². The molecule has 2 amide bonds. The fourth-order valence-electron chi connectivity index (χ4n) is 2.35. The minimum absolute atomic E-state index is 0. The molecule has 0 radical (unpaired) electrons. The molecular formula is C13H17ClN4O6S4. The summed E-state index contributed by atoms with van der Waals surface area (Å²) in [5.41, 5.74) is 0.0407. The summed E-state index contributed by atoms with van der Waals surface area (Å²) in [6.07, 6.45) is -0.0321. The zero-order chi connectivity index (χ0) is 19.5. The fraction of sp³-hybridized carbons (Fsp3) is 0.385. The number of hydrogen-bond acceptors (Lipinski definition) is 9. The predicted octanol–water partition coefficient (Wildman–Crippen LogP) is 0.387. The van der Waals surface area contributed by atoms with Crippen molar-refractivity contribution in [3.05, 3.63) is 33.1 Å². The molecule has 0 aromatic carbocycles. The van der Waals surface area contributed by atoms with E-state index in [1.54, 1.807) is 0 Å². The molecule has 15 heteroatoms. The number of thiazole rings is 1. The quantitative estimate of drug-likeness (QED) is 0.587. The van der Waals surface area contributed by atoms with E-state index in [1.165, 1.54) is 17.4 Å². The third kappa shape index (κ3) is 6.48. The van der Waals surface area contributed by atoms with Crippen LogP contribution in [0, 0.1) is 6.92 Å². The predicted molar refractivity (Wildman–Crippen MR) is 110 cm³/mol. The second kappa shape index (κ2) is 10.8. The second-order valence-corrected chi connectivity index (χ2v) is 7.30. The van der Waals surface area contributed by atoms with Crippen molar-refractivity contribution in [1.29, 1.82) is 0 Å². The van der Waals surface area contributed by atoms with Crippen molar-refractivity contribution in [3.63, 3.8) is 0 Å². The van der Waals surface area contributed by atoms with E-state index < -0.39 is 22.2 Å². The highest BCUT2D eigenvalue weighted by atomic mass is 35.5. The summed E-state index contributed by atoms with van der Waals surface area (Å²) < 4.78 is 30.2. The number of carbonyl (C=O) groups excluding carboxylic acids is 2. The van der Waals surface area contributed by atoms with Gasteiger partial charge in [-0.1, -0.05) is 16.8 Å². The van der Waals surface area contributed by atoms with Crippen LogP contribution < -0.4 is 10.6 Å². The minimum atomic E-state index is -3.11. The van der Waals surface area contributed by atoms with Crippen LogP contribution >= 0.6 is 49.9 Å². The molecule has 3 heterocycles. The lowest BCUT2D eigenvalue weighted by Gasteiger charge is -2.45. The maximum atomic E-state index is 12.1. The lowest BCUT2D eigenvalue weighted by Crippen LogP contribution is -2.74. The second-order valence-electron chi connectivity index (χ2n) is 5.44. The summed E-state index contributed by atoms with van der Waals surface area (Å²) in [5, 5.41) is 12.0. The highest BCUT2D eigenvalue weighted by molar-refractivity contribution is 7.59. The summed E-state index contributed by atoms with van der Waals surface area (Å²) >= 11 is 7.13. The molecule has 0 aliphatic carbocycles. The van der Waals surface area contributed by atoms with E-state index >= 15 is 0 Å². The van der Waals surface area contributed by atoms with Gasteiger partial charge in [0, 0.05) is 11.4 Å². The molecular weight excluding hydrogens is 472 g/mol. The van der Waals surface area contributed by atoms with Crippen LogP contribution in [0.1, 0.15) is 23.4 Å². The molecule has 2 aromatic heterocycles. The number of β-lactam (4-membered cyclic amide) rings is 1. The SMILES string of the molecule is Cc1nc([C@@]2(C)NC(=O)[C@H]2NC(=O)Cc2cc(Cl)no2)cs1.O=S(=O)=O.S.S. The van der Waals surface area contributed by atoms with Gasteiger partial charge in [0.05, 0.1) is 17.1 Å². The largest absolute Gasteiger partial charge is 0.425 e. The summed E-state index contributed by atoms with van der Waals surface area (Å²) in [6.45, 7) is 3.72. The van der Waals surface area contributed by atoms with Crippen LogP contribution in [0.15, 0.2) is 16.0 Å². The molecule has 2 N–H and O–H groups in total. The summed E-state index contributed by atoms with van der Waals surface area (Å²) in [7, 11) is -3.11. The van der Waals surface area contributed by atoms with Crippen molar-refractivity contribution in [2.75, 3.05) is 0 Å². The number of amides is 2. The Balaban J connectivity index is 0.00000111. The van der Waals surface area contributed by atoms with Crippen LogP contribution in [0.5, 0.6) is 0 Å². The first kappa shape index (κ1) is 26.4. The molecule has 0 bridgehead atoms. The number of carbonyl (C=O) groups is 2. The molecule has 1 fully saturated rings. The molecule has 10 nitrogen and oxygen atoms in total. The summed E-state index contributed by atoms with van der Waals surface area (Å²) in [6, 6.07) is 0.796. The van der Waals surface area contributed by atoms with Crippen LogP contribution in [0.3, 0.4) is 0 Å². The molecule has 0 spiro atoms. The Kier molecular flexibility index (Phi) is 10.2. The van der Waals surface area contributed by atoms with Gasteiger partial charge in [-0.2, -0.15) is 27.0 Å². The number of hydrogen-bond donors (Lipinski definition) is 2. The molecule has 0 unspecified atom stereocenters. The fourth-order valence-corrected chi connectivity index (χ4v) is 3.24. The van der Waals surface area contributed by atoms with Gasteiger partial charge in [0.15, 0.2) is 5.15 Å². The average Bonchev–Trinajstić information content (AvgIpc) is 3.13. The summed E-state index contributed by atoms with van der Waals surface area (Å²) in [5.74, 6) is -0.239. The lowest BCUT2D eigenvalue weighted by atomic mass is 9.80. The molecule has 1 saturated heterocycles. The van der Waals surface area contributed by atoms with E-state index in [-0.39, 0.29) is 50.4 Å². The average molecular weight is 489 g/mol. The van der Waals surface area contributed by atoms with Crippen molar-refractivity contribution < 1.29 is 26.7 Å². The van der Waals surface area contributed by atoms with Crippen molar-refractivity contribution in [3.8, 4) is 0 Å². The monoisotopic (exact) mass is 488 g/mol. The highest BCUT2D eigenvalue weighted by Gasteiger charge is 2.53. The van der Waals surface area contributed by atoms with Crippen LogP contribution in [-0.2, 0) is 32.2 Å². The molecule has 0 saturated carbocycles. The molecule has 2 atom stereocenters. The van der Waals surface area contributed by atoms with Crippen LogP contribution in [0.25, 0.3) is 0 Å². The normalized spacial score (nSPS) is 19.5. The Labute approximate surface area is 184 Å². The van der Waals surface area contributed by atoms with Gasteiger partial charge in [-0.3, -0.25) is 9.59 Å². The van der Waals surface area contributed by atoms with Crippen molar-refractivity contribution in [1.82, 2.24) is 20.8 Å². The number of halogens is 1. The van der Waals surface area contributed by atoms with E-state index in [0.717, 1.165) is 10.7 Å². The van der Waals surface area contributed by atoms with Crippen LogP contribution in [-0.4, -0.2) is 40.6 Å². The van der Waals surface area contributed by atoms with Gasteiger partial charge in [0.25, 0.3) is 0 Å². The first-order chi connectivity index (χ1) is 12.1. The Hall–Kier alpha value is -1.61. The molecule has 1 aliphatic rings. The van der Waals surface area contributed by atoms with Gasteiger partial charge >= 0.3 is 10.6 Å². The third-order valence-corrected chi connectivity index (χ3v) is 4.50. The van der Waals surface area contributed by atoms with Gasteiger partial charge < -0.3 is 15.2 Å². The number of nitrogens with one attached hydrogen (secondary N) is 2. The summed E-state index contributed by atoms with van der Waals surface area (Å²) in [4.78, 5) is 28.3. The first-order valence-corrected chi connectivity index (χ1v) is 9.29. The molecule has 3 rings (SSSR count). The van der Waals surface area contributed by atoms with Gasteiger partial charge in [-0.25, -0.2) is 4.98 Å². The smallest absolute Gasteiger partial charge is 0.359 e. The number of aromatic nitrogens is 2. The Bertz CT molecular complexity index is 940. The van der Waals surface area contributed by atoms with Gasteiger partial charge in [-0.15, -0.1) is 24.0 Å². The molecule has 28 heavy (non-hydrogen) atoms. The van der Waals surface area contributed by atoms with Gasteiger partial charge in [0.2, 0.25) is 11.8 Å². The lowest BCUT2D eigenvalue weighted by molar-refractivity contribution is -0.141. The maximum Gasteiger partial charge on any atom is 0.425 e. The van der Waals surface area contributed by atoms with E-state index in [2.05, 4.69) is 20.8 Å². The molecule has 2 aromatic rings. The van der Waals surface area contributed by atoms with Crippen molar-refractivity contribution >= 4 is 72.4 Å². The zero-order valence-corrected chi connectivity index (χ0v) is 18.9. The molecule has 156 valence electrons. The van der Waals surface area contributed by atoms with E-state index in [9.17, 15) is 9.59 Å². The maximum absolute atomic E-state index is 12.1. The third-order valence-electron chi connectivity index (χ3n) is 3.54. The first-order valence-electron chi connectivity index (χ1n) is 7.03. The number of aryl methyl sites for hydroxylation is 1. The van der Waals surface area contributed by atoms with Crippen molar-refractivity contribution in [2.45, 2.75) is 31.8 Å². The van der Waals surface area contributed by atoms with E-state index in [1.807, 2.05) is 19.2 Å². The van der Waals surface area contributed by atoms with Crippen LogP contribution in [0.2, 0.25) is 5.15 Å². The Morgan fingerprint density at radius 2 is 2.04 bits per heavy atom. The highest BCUT2D eigenvalue weighted by Crippen LogP contribution is 2.32. The van der Waals surface area contributed by atoms with E-state index in [4.69, 9.17) is 28.8 Å². The standard InChI is InChI=1S/C13H13ClN4O3S.O3S.2H2S/c1-6-15-8(5-22-6)13(2)11(12(20)17-13)16-10(19)4-7-3-9(14)18-21-7;1-4(2)3;;/h3,5,11H,4H2,1-2H3,(H,16,19)(H,17,20);;2*1H2/t11-,13-;;;/m1.../s1. The van der Waals surface area contributed by atoms with Crippen molar-refractivity contribution in [2.24, 2.45) is 0 Å². The Morgan fingerprint density at radius 1 is 1.43 bits per heavy atom. The molecule has 1 aliphatic heterocycles. The van der Waals surface area contributed by atoms with Gasteiger partial charge in [0.1, 0.15) is 17.3 Å². The van der Waals surface area contributed by atoms with Gasteiger partial charge in [-0.05, 0) is 13.8 Å². The van der Waals surface area contributed by atoms with Crippen LogP contribution in [0.4, 0.5) is 0 Å². The Morgan fingerprint density at radius 3 is 2.46 bits per heavy atom. The number of rotatable bonds is 4.